The zero-order valence-corrected chi connectivity index (χ0v) is 11.4. The Morgan fingerprint density at radius 1 is 1.33 bits per heavy atom. The molecule has 0 atom stereocenters. The van der Waals surface area contributed by atoms with Crippen LogP contribution in [0.4, 0.5) is 5.69 Å². The minimum absolute atomic E-state index is 0.124. The number of aliphatic hydroxyl groups is 1. The van der Waals surface area contributed by atoms with Crippen LogP contribution in [-0.4, -0.2) is 30.9 Å². The molecule has 1 heterocycles. The molecule has 1 aromatic carbocycles. The lowest BCUT2D eigenvalue weighted by molar-refractivity contribution is 0.0459. The van der Waals surface area contributed by atoms with Crippen molar-refractivity contribution in [3.63, 3.8) is 0 Å². The number of ether oxygens (including phenoxy) is 1. The third-order valence-corrected chi connectivity index (χ3v) is 3.71. The Labute approximate surface area is 109 Å². The summed E-state index contributed by atoms with van der Waals surface area (Å²) >= 11 is 0. The molecule has 100 valence electrons. The zero-order chi connectivity index (χ0) is 13.0. The average Bonchev–Trinajstić information content (AvgIpc) is 2.40. The fourth-order valence-corrected chi connectivity index (χ4v) is 2.57. The van der Waals surface area contributed by atoms with Crippen LogP contribution in [0.25, 0.3) is 0 Å². The topological polar surface area (TPSA) is 32.7 Å². The summed E-state index contributed by atoms with van der Waals surface area (Å²) < 4.78 is 5.67. The molecule has 18 heavy (non-hydrogen) atoms. The predicted octanol–water partition coefficient (Wildman–Crippen LogP) is 2.49. The lowest BCUT2D eigenvalue weighted by atomic mass is 10.0. The molecule has 1 aliphatic heterocycles. The van der Waals surface area contributed by atoms with E-state index >= 15 is 0 Å². The van der Waals surface area contributed by atoms with Crippen molar-refractivity contribution in [3.8, 4) is 0 Å². The van der Waals surface area contributed by atoms with Crippen LogP contribution in [-0.2, 0) is 11.3 Å². The second-order valence-electron chi connectivity index (χ2n) is 4.91. The summed E-state index contributed by atoms with van der Waals surface area (Å²) in [6.45, 7) is 7.17. The first-order valence-electron chi connectivity index (χ1n) is 6.81. The van der Waals surface area contributed by atoms with E-state index in [1.165, 1.54) is 11.3 Å². The van der Waals surface area contributed by atoms with E-state index in [4.69, 9.17) is 4.74 Å². The highest BCUT2D eigenvalue weighted by molar-refractivity contribution is 5.51. The van der Waals surface area contributed by atoms with Crippen LogP contribution in [0.3, 0.4) is 0 Å². The molecule has 0 aliphatic carbocycles. The van der Waals surface area contributed by atoms with Gasteiger partial charge >= 0.3 is 0 Å². The Morgan fingerprint density at radius 2 is 2.06 bits per heavy atom. The van der Waals surface area contributed by atoms with Gasteiger partial charge in [-0.05, 0) is 49.9 Å². The molecule has 1 N–H and O–H groups in total. The van der Waals surface area contributed by atoms with Gasteiger partial charge < -0.3 is 14.7 Å². The van der Waals surface area contributed by atoms with Crippen molar-refractivity contribution in [1.82, 2.24) is 0 Å². The summed E-state index contributed by atoms with van der Waals surface area (Å²) in [7, 11) is 0. The molecule has 0 bridgehead atoms. The molecule has 1 saturated heterocycles. The van der Waals surface area contributed by atoms with Gasteiger partial charge in [-0.2, -0.15) is 0 Å². The van der Waals surface area contributed by atoms with E-state index in [-0.39, 0.29) is 6.61 Å². The maximum atomic E-state index is 9.18. The van der Waals surface area contributed by atoms with Crippen LogP contribution in [0.5, 0.6) is 0 Å². The minimum atomic E-state index is 0.124. The Hall–Kier alpha value is -1.06. The highest BCUT2D eigenvalue weighted by Crippen LogP contribution is 2.23. The van der Waals surface area contributed by atoms with Crippen LogP contribution in [0.15, 0.2) is 18.2 Å². The van der Waals surface area contributed by atoms with Gasteiger partial charge in [0, 0.05) is 25.4 Å². The predicted molar refractivity (Wildman–Crippen MR) is 74.0 cm³/mol. The fraction of sp³-hybridized carbons (Fsp3) is 0.600. The van der Waals surface area contributed by atoms with Crippen LogP contribution >= 0.6 is 0 Å². The molecule has 2 rings (SSSR count). The van der Waals surface area contributed by atoms with E-state index in [1.807, 2.05) is 6.07 Å². The maximum absolute atomic E-state index is 9.18. The number of hydrogen-bond donors (Lipinski definition) is 1. The van der Waals surface area contributed by atoms with Gasteiger partial charge in [-0.1, -0.05) is 6.07 Å². The first-order chi connectivity index (χ1) is 8.74. The average molecular weight is 249 g/mol. The summed E-state index contributed by atoms with van der Waals surface area (Å²) in [5, 5.41) is 9.18. The molecule has 0 radical (unpaired) electrons. The largest absolute Gasteiger partial charge is 0.392 e. The molecular weight excluding hydrogens is 226 g/mol. The van der Waals surface area contributed by atoms with Crippen LogP contribution in [0.1, 0.15) is 30.9 Å². The van der Waals surface area contributed by atoms with Crippen molar-refractivity contribution in [3.05, 3.63) is 29.3 Å². The summed E-state index contributed by atoms with van der Waals surface area (Å²) in [5.74, 6) is 0. The first kappa shape index (κ1) is 13.4. The highest BCUT2D eigenvalue weighted by Gasteiger charge is 2.19. The number of anilines is 1. The molecule has 0 unspecified atom stereocenters. The summed E-state index contributed by atoms with van der Waals surface area (Å²) in [4.78, 5) is 2.41. The quantitative estimate of drug-likeness (QED) is 0.890. The van der Waals surface area contributed by atoms with E-state index in [0.29, 0.717) is 6.10 Å². The second kappa shape index (κ2) is 6.21. The van der Waals surface area contributed by atoms with E-state index < -0.39 is 0 Å². The fourth-order valence-electron chi connectivity index (χ4n) is 2.57. The lowest BCUT2D eigenvalue weighted by Crippen LogP contribution is -2.37. The molecule has 1 aromatic rings. The number of benzene rings is 1. The molecule has 0 saturated carbocycles. The molecule has 1 aliphatic rings. The summed E-state index contributed by atoms with van der Waals surface area (Å²) in [5.41, 5.74) is 3.45. The SMILES string of the molecule is CCOC1CCN(c2ccc(CO)c(C)c2)CC1. The number of piperidine rings is 1. The van der Waals surface area contributed by atoms with Gasteiger partial charge in [0.2, 0.25) is 0 Å². The van der Waals surface area contributed by atoms with Gasteiger partial charge in [0.05, 0.1) is 12.7 Å². The highest BCUT2D eigenvalue weighted by atomic mass is 16.5. The normalized spacial score (nSPS) is 17.2. The Kier molecular flexibility index (Phi) is 4.61. The monoisotopic (exact) mass is 249 g/mol. The standard InChI is InChI=1S/C15H23NO2/c1-3-18-15-6-8-16(9-7-15)14-5-4-13(11-17)12(2)10-14/h4-5,10,15,17H,3,6-9,11H2,1-2H3. The Morgan fingerprint density at radius 3 is 2.61 bits per heavy atom. The van der Waals surface area contributed by atoms with Gasteiger partial charge in [0.1, 0.15) is 0 Å². The smallest absolute Gasteiger partial charge is 0.0684 e. The molecule has 0 aromatic heterocycles. The maximum Gasteiger partial charge on any atom is 0.0684 e. The summed E-state index contributed by atoms with van der Waals surface area (Å²) in [6, 6.07) is 6.31. The van der Waals surface area contributed by atoms with Gasteiger partial charge in [0.15, 0.2) is 0 Å². The lowest BCUT2D eigenvalue weighted by Gasteiger charge is -2.33. The molecule has 3 nitrogen and oxygen atoms in total. The molecule has 0 amide bonds. The Balaban J connectivity index is 1.99. The third-order valence-electron chi connectivity index (χ3n) is 3.71. The van der Waals surface area contributed by atoms with Gasteiger partial charge in [-0.25, -0.2) is 0 Å². The van der Waals surface area contributed by atoms with E-state index in [0.717, 1.165) is 38.1 Å². The zero-order valence-electron chi connectivity index (χ0n) is 11.4. The Bertz CT molecular complexity index is 384. The number of rotatable bonds is 4. The number of hydrogen-bond acceptors (Lipinski definition) is 3. The van der Waals surface area contributed by atoms with Gasteiger partial charge in [0.25, 0.3) is 0 Å². The molecule has 0 spiro atoms. The van der Waals surface area contributed by atoms with Crippen molar-refractivity contribution in [2.75, 3.05) is 24.6 Å². The van der Waals surface area contributed by atoms with Crippen molar-refractivity contribution in [1.29, 1.82) is 0 Å². The second-order valence-corrected chi connectivity index (χ2v) is 4.91. The number of aryl methyl sites for hydroxylation is 1. The van der Waals surface area contributed by atoms with E-state index in [1.54, 1.807) is 0 Å². The van der Waals surface area contributed by atoms with E-state index in [9.17, 15) is 5.11 Å². The number of aliphatic hydroxyl groups excluding tert-OH is 1. The molecular formula is C15H23NO2. The van der Waals surface area contributed by atoms with Crippen LogP contribution < -0.4 is 4.90 Å². The van der Waals surface area contributed by atoms with Crippen LogP contribution in [0, 0.1) is 6.92 Å². The van der Waals surface area contributed by atoms with E-state index in [2.05, 4.69) is 30.9 Å². The van der Waals surface area contributed by atoms with Crippen molar-refractivity contribution in [2.24, 2.45) is 0 Å². The van der Waals surface area contributed by atoms with Crippen LogP contribution in [0.2, 0.25) is 0 Å². The van der Waals surface area contributed by atoms with Crippen molar-refractivity contribution < 1.29 is 9.84 Å². The third kappa shape index (κ3) is 3.03. The number of nitrogens with zero attached hydrogens (tertiary/aromatic N) is 1. The molecule has 1 fully saturated rings. The molecule has 3 heteroatoms. The van der Waals surface area contributed by atoms with Crippen molar-refractivity contribution >= 4 is 5.69 Å². The minimum Gasteiger partial charge on any atom is -0.392 e. The van der Waals surface area contributed by atoms with Crippen molar-refractivity contribution in [2.45, 2.75) is 39.4 Å². The van der Waals surface area contributed by atoms with Gasteiger partial charge in [-0.3, -0.25) is 0 Å². The van der Waals surface area contributed by atoms with Gasteiger partial charge in [-0.15, -0.1) is 0 Å². The summed E-state index contributed by atoms with van der Waals surface area (Å²) in [6.07, 6.45) is 2.65. The first-order valence-corrected chi connectivity index (χ1v) is 6.81.